The van der Waals surface area contributed by atoms with Crippen molar-refractivity contribution in [2.75, 3.05) is 6.54 Å². The zero-order chi connectivity index (χ0) is 25.7. The Balaban J connectivity index is 1.72. The second kappa shape index (κ2) is 11.6. The highest BCUT2D eigenvalue weighted by Gasteiger charge is 2.33. The Kier molecular flexibility index (Phi) is 8.25. The molecule has 0 fully saturated rings. The number of carbonyl (C=O) groups is 1. The van der Waals surface area contributed by atoms with E-state index in [9.17, 15) is 9.90 Å². The fourth-order valence-corrected chi connectivity index (χ4v) is 4.24. The first kappa shape index (κ1) is 25.7. The van der Waals surface area contributed by atoms with Crippen LogP contribution in [-0.4, -0.2) is 46.4 Å². The van der Waals surface area contributed by atoms with Crippen LogP contribution in [0, 0.1) is 0 Å². The zero-order valence-corrected chi connectivity index (χ0v) is 21.2. The van der Waals surface area contributed by atoms with E-state index in [1.165, 1.54) is 6.92 Å². The third kappa shape index (κ3) is 6.23. The molecule has 36 heavy (non-hydrogen) atoms. The van der Waals surface area contributed by atoms with Crippen molar-refractivity contribution >= 4 is 40.8 Å². The molecule has 0 aromatic heterocycles. The lowest BCUT2D eigenvalue weighted by atomic mass is 9.91. The van der Waals surface area contributed by atoms with Crippen LogP contribution in [0.3, 0.4) is 0 Å². The molecule has 0 saturated carbocycles. The molecule has 4 N–H and O–H groups in total. The monoisotopic (exact) mass is 523 g/mol. The largest absolute Gasteiger partial charge is 0.391 e. The van der Waals surface area contributed by atoms with Crippen molar-refractivity contribution in [3.63, 3.8) is 0 Å². The van der Waals surface area contributed by atoms with Crippen molar-refractivity contribution in [3.05, 3.63) is 106 Å². The number of primary amides is 1. The lowest BCUT2D eigenvalue weighted by molar-refractivity contribution is -0.121. The summed E-state index contributed by atoms with van der Waals surface area (Å²) in [7, 11) is 0. The number of aliphatic hydroxyl groups is 1. The van der Waals surface area contributed by atoms with E-state index < -0.39 is 18.1 Å². The molecule has 3 aromatic carbocycles. The second-order valence-corrected chi connectivity index (χ2v) is 9.44. The van der Waals surface area contributed by atoms with Gasteiger partial charge >= 0.3 is 0 Å². The first-order valence-electron chi connectivity index (χ1n) is 11.5. The summed E-state index contributed by atoms with van der Waals surface area (Å²) in [5.41, 5.74) is 9.34. The molecule has 0 bridgehead atoms. The van der Waals surface area contributed by atoms with Crippen molar-refractivity contribution in [3.8, 4) is 0 Å². The fraction of sp³-hybridized carbons (Fsp3) is 0.222. The Bertz CT molecular complexity index is 1250. The van der Waals surface area contributed by atoms with Crippen LogP contribution >= 0.6 is 23.2 Å². The molecule has 0 unspecified atom stereocenters. The van der Waals surface area contributed by atoms with Crippen LogP contribution in [0.2, 0.25) is 10.0 Å². The standard InChI is InChI=1S/C27H27Cl2N5O2/c1-17(35)24(26(30)36)32-27(31-15-18-7-11-21(28)12-8-18)34-16-23(19-5-3-2-4-6-19)25(33-34)20-9-13-22(29)14-10-20/h2-14,17,23-24,35H,15-16H2,1H3,(H2,30,36)(H,31,32)/t17-,23-,24-/m1/s1. The number of aliphatic imine (C=N–C) groups is 1. The van der Waals surface area contributed by atoms with Gasteiger partial charge in [-0.2, -0.15) is 5.10 Å². The number of hydrogen-bond acceptors (Lipinski definition) is 4. The molecule has 186 valence electrons. The SMILES string of the molecule is C[C@@H](O)[C@@H](N/C(=N\Cc1ccc(Cl)cc1)N1C[C@H](c2ccccc2)C(c2ccc(Cl)cc2)=N1)C(N)=O. The van der Waals surface area contributed by atoms with Crippen LogP contribution < -0.4 is 11.1 Å². The number of hydrogen-bond donors (Lipinski definition) is 3. The molecular formula is C27H27Cl2N5O2. The normalized spacial score (nSPS) is 17.4. The smallest absolute Gasteiger partial charge is 0.242 e. The van der Waals surface area contributed by atoms with Gasteiger partial charge in [0.25, 0.3) is 0 Å². The van der Waals surface area contributed by atoms with Gasteiger partial charge in [-0.05, 0) is 47.9 Å². The van der Waals surface area contributed by atoms with Gasteiger partial charge < -0.3 is 16.2 Å². The van der Waals surface area contributed by atoms with Crippen LogP contribution in [0.5, 0.6) is 0 Å². The summed E-state index contributed by atoms with van der Waals surface area (Å²) in [6.45, 7) is 2.28. The van der Waals surface area contributed by atoms with Crippen molar-refractivity contribution < 1.29 is 9.90 Å². The first-order valence-corrected chi connectivity index (χ1v) is 12.3. The van der Waals surface area contributed by atoms with E-state index in [-0.39, 0.29) is 5.92 Å². The van der Waals surface area contributed by atoms with E-state index in [4.69, 9.17) is 39.0 Å². The van der Waals surface area contributed by atoms with Crippen molar-refractivity contribution in [2.45, 2.75) is 31.5 Å². The van der Waals surface area contributed by atoms with E-state index >= 15 is 0 Å². The number of aliphatic hydroxyl groups excluding tert-OH is 1. The fourth-order valence-electron chi connectivity index (χ4n) is 3.99. The predicted octanol–water partition coefficient (Wildman–Crippen LogP) is 4.18. The highest BCUT2D eigenvalue weighted by atomic mass is 35.5. The van der Waals surface area contributed by atoms with E-state index in [0.29, 0.717) is 29.1 Å². The summed E-state index contributed by atoms with van der Waals surface area (Å²) in [6.07, 6.45) is -1.03. The number of guanidine groups is 1. The Morgan fingerprint density at radius 1 is 1.08 bits per heavy atom. The molecule has 0 radical (unpaired) electrons. The Hall–Kier alpha value is -3.39. The number of rotatable bonds is 7. The third-order valence-electron chi connectivity index (χ3n) is 5.90. The van der Waals surface area contributed by atoms with Gasteiger partial charge in [0.05, 0.1) is 24.9 Å². The quantitative estimate of drug-likeness (QED) is 0.319. The lowest BCUT2D eigenvalue weighted by Crippen LogP contribution is -2.54. The summed E-state index contributed by atoms with van der Waals surface area (Å²) in [5.74, 6) is -0.419. The van der Waals surface area contributed by atoms with Gasteiger partial charge in [0.15, 0.2) is 0 Å². The molecular weight excluding hydrogens is 497 g/mol. The maximum absolute atomic E-state index is 12.1. The average molecular weight is 524 g/mol. The van der Waals surface area contributed by atoms with Crippen molar-refractivity contribution in [1.82, 2.24) is 10.3 Å². The van der Waals surface area contributed by atoms with Gasteiger partial charge in [-0.3, -0.25) is 4.79 Å². The molecule has 4 rings (SSSR count). The Labute approximate surface area is 220 Å². The summed E-state index contributed by atoms with van der Waals surface area (Å²) in [4.78, 5) is 16.8. The maximum atomic E-state index is 12.1. The summed E-state index contributed by atoms with van der Waals surface area (Å²) < 4.78 is 0. The molecule has 0 aliphatic carbocycles. The minimum Gasteiger partial charge on any atom is -0.391 e. The number of halogens is 2. The molecule has 3 aromatic rings. The van der Waals surface area contributed by atoms with Crippen molar-refractivity contribution in [1.29, 1.82) is 0 Å². The number of carbonyl (C=O) groups excluding carboxylic acids is 1. The number of nitrogens with two attached hydrogens (primary N) is 1. The van der Waals surface area contributed by atoms with Gasteiger partial charge in [0.1, 0.15) is 6.04 Å². The van der Waals surface area contributed by atoms with E-state index in [2.05, 4.69) is 17.4 Å². The van der Waals surface area contributed by atoms with Crippen LogP contribution in [0.15, 0.2) is 89.0 Å². The van der Waals surface area contributed by atoms with Crippen LogP contribution in [0.4, 0.5) is 0 Å². The molecule has 3 atom stereocenters. The number of nitrogens with one attached hydrogen (secondary N) is 1. The van der Waals surface area contributed by atoms with E-state index in [1.54, 1.807) is 17.1 Å². The van der Waals surface area contributed by atoms with Crippen LogP contribution in [0.1, 0.15) is 29.5 Å². The summed E-state index contributed by atoms with van der Waals surface area (Å²) in [6, 6.07) is 23.9. The maximum Gasteiger partial charge on any atom is 0.242 e. The van der Waals surface area contributed by atoms with E-state index in [1.807, 2.05) is 54.6 Å². The molecule has 1 heterocycles. The Morgan fingerprint density at radius 3 is 2.28 bits per heavy atom. The van der Waals surface area contributed by atoms with Gasteiger partial charge in [0.2, 0.25) is 11.9 Å². The van der Waals surface area contributed by atoms with E-state index in [0.717, 1.165) is 22.4 Å². The minimum absolute atomic E-state index is 0.0616. The molecule has 0 saturated heterocycles. The number of nitrogens with zero attached hydrogens (tertiary/aromatic N) is 3. The molecule has 1 aliphatic rings. The number of amides is 1. The van der Waals surface area contributed by atoms with Gasteiger partial charge in [0, 0.05) is 16.0 Å². The van der Waals surface area contributed by atoms with Gasteiger partial charge in [-0.15, -0.1) is 0 Å². The summed E-state index contributed by atoms with van der Waals surface area (Å²) in [5, 5.41) is 21.1. The first-order chi connectivity index (χ1) is 17.3. The molecule has 7 nitrogen and oxygen atoms in total. The van der Waals surface area contributed by atoms with Crippen molar-refractivity contribution in [2.24, 2.45) is 15.8 Å². The molecule has 1 aliphatic heterocycles. The second-order valence-electron chi connectivity index (χ2n) is 8.57. The molecule has 9 heteroatoms. The molecule has 0 spiro atoms. The average Bonchev–Trinajstić information content (AvgIpc) is 3.31. The topological polar surface area (TPSA) is 103 Å². The highest BCUT2D eigenvalue weighted by molar-refractivity contribution is 6.31. The summed E-state index contributed by atoms with van der Waals surface area (Å²) >= 11 is 12.1. The zero-order valence-electron chi connectivity index (χ0n) is 19.7. The Morgan fingerprint density at radius 2 is 1.69 bits per heavy atom. The number of hydrazone groups is 1. The third-order valence-corrected chi connectivity index (χ3v) is 6.40. The van der Waals surface area contributed by atoms with Gasteiger partial charge in [-0.25, -0.2) is 10.0 Å². The van der Waals surface area contributed by atoms with Crippen LogP contribution in [-0.2, 0) is 11.3 Å². The van der Waals surface area contributed by atoms with Crippen LogP contribution in [0.25, 0.3) is 0 Å². The van der Waals surface area contributed by atoms with Gasteiger partial charge in [-0.1, -0.05) is 77.8 Å². The lowest BCUT2D eigenvalue weighted by Gasteiger charge is -2.25. The molecule has 1 amide bonds. The minimum atomic E-state index is -1.04. The predicted molar refractivity (Wildman–Crippen MR) is 144 cm³/mol. The highest BCUT2D eigenvalue weighted by Crippen LogP contribution is 2.29. The number of benzene rings is 3.